The minimum absolute atomic E-state index is 0.0582. The number of fused-ring (bicyclic) bond motifs is 6. The fraction of sp³-hybridized carbons (Fsp3) is 0.773. The Morgan fingerprint density at radius 1 is 0.932 bits per heavy atom. The van der Waals surface area contributed by atoms with E-state index in [0.717, 1.165) is 37.3 Å². The molecule has 6 bridgehead atoms. The molecule has 15 nitrogen and oxygen atoms in total. The number of cyclic esters (lactones) is 1. The maximum absolute atomic E-state index is 13.4. The van der Waals surface area contributed by atoms with Crippen molar-refractivity contribution >= 4 is 23.9 Å². The van der Waals surface area contributed by atoms with Crippen molar-refractivity contribution in [3.05, 3.63) is 36.0 Å². The molecule has 59 heavy (non-hydrogen) atoms. The molecule has 0 radical (unpaired) electrons. The molecular formula is C44H68O15. The van der Waals surface area contributed by atoms with Crippen LogP contribution in [0.25, 0.3) is 0 Å². The van der Waals surface area contributed by atoms with Gasteiger partial charge in [-0.15, -0.1) is 0 Å². The van der Waals surface area contributed by atoms with Gasteiger partial charge in [0.1, 0.15) is 12.2 Å². The van der Waals surface area contributed by atoms with Crippen LogP contribution >= 0.6 is 0 Å². The molecule has 334 valence electrons. The van der Waals surface area contributed by atoms with Crippen LogP contribution in [-0.4, -0.2) is 118 Å². The van der Waals surface area contributed by atoms with E-state index in [-0.39, 0.29) is 44.1 Å². The predicted molar refractivity (Wildman–Crippen MR) is 213 cm³/mol. The van der Waals surface area contributed by atoms with E-state index in [0.29, 0.717) is 19.3 Å². The molecule has 3 saturated heterocycles. The molecule has 15 heteroatoms. The summed E-state index contributed by atoms with van der Waals surface area (Å²) in [6.07, 6.45) is 1.30. The van der Waals surface area contributed by atoms with E-state index in [1.807, 2.05) is 0 Å². The number of carbonyl (C=O) groups is 4. The zero-order chi connectivity index (χ0) is 43.8. The maximum Gasteiger partial charge on any atom is 0.330 e. The van der Waals surface area contributed by atoms with Gasteiger partial charge in [0.05, 0.1) is 56.1 Å². The molecule has 0 aliphatic carbocycles. The molecule has 4 aliphatic heterocycles. The number of carbonyl (C=O) groups excluding carboxylic acids is 4. The van der Waals surface area contributed by atoms with Gasteiger partial charge in [-0.1, -0.05) is 84.6 Å². The summed E-state index contributed by atoms with van der Waals surface area (Å²) in [4.78, 5) is 51.7. The average Bonchev–Trinajstić information content (AvgIpc) is 3.13. The Morgan fingerprint density at radius 2 is 1.64 bits per heavy atom. The summed E-state index contributed by atoms with van der Waals surface area (Å²) < 4.78 is 41.6. The first-order valence-corrected chi connectivity index (χ1v) is 21.1. The number of esters is 4. The second-order valence-electron chi connectivity index (χ2n) is 17.9. The van der Waals surface area contributed by atoms with Crippen LogP contribution in [0.5, 0.6) is 0 Å². The minimum Gasteiger partial charge on any atom is -0.466 e. The van der Waals surface area contributed by atoms with Gasteiger partial charge >= 0.3 is 23.9 Å². The van der Waals surface area contributed by atoms with Crippen LogP contribution in [0.1, 0.15) is 131 Å². The topological polar surface area (TPSA) is 214 Å². The summed E-state index contributed by atoms with van der Waals surface area (Å²) in [6, 6.07) is 0. The summed E-state index contributed by atoms with van der Waals surface area (Å²) in [5.41, 5.74) is -1.49. The zero-order valence-corrected chi connectivity index (χ0v) is 35.9. The lowest BCUT2D eigenvalue weighted by molar-refractivity contribution is -0.348. The molecule has 4 aliphatic rings. The largest absolute Gasteiger partial charge is 0.466 e. The number of rotatable bonds is 10. The van der Waals surface area contributed by atoms with Gasteiger partial charge in [-0.25, -0.2) is 4.79 Å². The number of ether oxygens (including phenoxy) is 7. The van der Waals surface area contributed by atoms with Crippen LogP contribution in [0, 0.1) is 10.8 Å². The standard InChI is InChI=1S/C44H68O15/c1-9-10-11-12-13-14-37(48)57-40-29(20-38(49)53-8)19-32-23-35(26-45)56-39(50)22-30(47)21-33-24-36(54-28(3)46)42(6,7)43(51,58-33)25-34-18-27(2)17-31(55-34)15-16-41(4,5)44(40,52)59-32/h15-16,20,30-36,40,45,47,51-52H,2,9-14,17-19,21-26H2,1,3-8H3/b16-15+,29-20+/t30-,31+,32+,33-,34+,35-,36+,40+,43?,44-/m1/s1. The second kappa shape index (κ2) is 20.6. The van der Waals surface area contributed by atoms with Crippen molar-refractivity contribution in [2.24, 2.45) is 10.8 Å². The zero-order valence-electron chi connectivity index (χ0n) is 35.9. The van der Waals surface area contributed by atoms with Gasteiger partial charge in [0.15, 0.2) is 11.9 Å². The first kappa shape index (κ1) is 48.5. The normalized spacial score (nSPS) is 36.4. The van der Waals surface area contributed by atoms with Gasteiger partial charge in [0.25, 0.3) is 0 Å². The van der Waals surface area contributed by atoms with Gasteiger partial charge in [0.2, 0.25) is 5.79 Å². The van der Waals surface area contributed by atoms with Gasteiger partial charge in [-0.3, -0.25) is 14.4 Å². The number of hydrogen-bond donors (Lipinski definition) is 4. The Bertz CT molecular complexity index is 1550. The molecule has 10 atom stereocenters. The van der Waals surface area contributed by atoms with Crippen molar-refractivity contribution in [3.8, 4) is 0 Å². The number of unbranched alkanes of at least 4 members (excludes halogenated alkanes) is 4. The molecule has 0 aromatic carbocycles. The third kappa shape index (κ3) is 12.5. The van der Waals surface area contributed by atoms with Gasteiger partial charge < -0.3 is 53.6 Å². The van der Waals surface area contributed by atoms with Gasteiger partial charge in [0, 0.05) is 50.5 Å². The fourth-order valence-electron chi connectivity index (χ4n) is 8.58. The molecule has 1 unspecified atom stereocenters. The lowest BCUT2D eigenvalue weighted by Crippen LogP contribution is -2.62. The first-order chi connectivity index (χ1) is 27.6. The van der Waals surface area contributed by atoms with E-state index < -0.39 is 108 Å². The van der Waals surface area contributed by atoms with Crippen molar-refractivity contribution in [1.29, 1.82) is 0 Å². The monoisotopic (exact) mass is 836 g/mol. The van der Waals surface area contributed by atoms with Crippen molar-refractivity contribution in [1.82, 2.24) is 0 Å². The average molecular weight is 837 g/mol. The molecule has 0 amide bonds. The predicted octanol–water partition coefficient (Wildman–Crippen LogP) is 4.80. The van der Waals surface area contributed by atoms with E-state index in [2.05, 4.69) is 13.5 Å². The summed E-state index contributed by atoms with van der Waals surface area (Å²) in [7, 11) is 1.20. The van der Waals surface area contributed by atoms with E-state index >= 15 is 0 Å². The Morgan fingerprint density at radius 3 is 2.31 bits per heavy atom. The van der Waals surface area contributed by atoms with Crippen LogP contribution < -0.4 is 0 Å². The first-order valence-electron chi connectivity index (χ1n) is 21.1. The lowest BCUT2D eigenvalue weighted by Gasteiger charge is -2.53. The fourth-order valence-corrected chi connectivity index (χ4v) is 8.58. The molecule has 4 heterocycles. The van der Waals surface area contributed by atoms with E-state index in [4.69, 9.17) is 33.2 Å². The van der Waals surface area contributed by atoms with Gasteiger partial charge in [-0.2, -0.15) is 0 Å². The third-order valence-corrected chi connectivity index (χ3v) is 12.2. The highest BCUT2D eigenvalue weighted by Crippen LogP contribution is 2.50. The van der Waals surface area contributed by atoms with Crippen molar-refractivity contribution in [2.75, 3.05) is 13.7 Å². The van der Waals surface area contributed by atoms with E-state index in [1.54, 1.807) is 39.8 Å². The number of aliphatic hydroxyl groups excluding tert-OH is 2. The molecule has 4 rings (SSSR count). The van der Waals surface area contributed by atoms with E-state index in [1.165, 1.54) is 14.0 Å². The highest BCUT2D eigenvalue weighted by atomic mass is 16.7. The molecule has 3 fully saturated rings. The van der Waals surface area contributed by atoms with Crippen LogP contribution in [0.4, 0.5) is 0 Å². The molecule has 0 spiro atoms. The van der Waals surface area contributed by atoms with Crippen LogP contribution in [-0.2, 0) is 52.3 Å². The number of methoxy groups -OCH3 is 1. The lowest BCUT2D eigenvalue weighted by atomic mass is 9.70. The number of aliphatic hydroxyl groups is 4. The van der Waals surface area contributed by atoms with Crippen LogP contribution in [0.3, 0.4) is 0 Å². The maximum atomic E-state index is 13.4. The Hall–Kier alpha value is -3.18. The molecule has 4 N–H and O–H groups in total. The highest BCUT2D eigenvalue weighted by molar-refractivity contribution is 5.83. The Kier molecular flexibility index (Phi) is 16.9. The minimum atomic E-state index is -2.33. The number of hydrogen-bond acceptors (Lipinski definition) is 15. The molecule has 0 aromatic heterocycles. The summed E-state index contributed by atoms with van der Waals surface area (Å²) in [6.45, 7) is 13.8. The summed E-state index contributed by atoms with van der Waals surface area (Å²) in [5.74, 6) is -7.00. The summed E-state index contributed by atoms with van der Waals surface area (Å²) >= 11 is 0. The van der Waals surface area contributed by atoms with Crippen molar-refractivity contribution in [2.45, 2.75) is 192 Å². The summed E-state index contributed by atoms with van der Waals surface area (Å²) in [5, 5.41) is 46.6. The van der Waals surface area contributed by atoms with Crippen LogP contribution in [0.2, 0.25) is 0 Å². The molecule has 0 aromatic rings. The van der Waals surface area contributed by atoms with Crippen LogP contribution in [0.15, 0.2) is 36.0 Å². The van der Waals surface area contributed by atoms with Crippen molar-refractivity contribution < 1.29 is 72.8 Å². The smallest absolute Gasteiger partial charge is 0.330 e. The highest BCUT2D eigenvalue weighted by Gasteiger charge is 2.59. The Labute approximate surface area is 348 Å². The molecule has 0 saturated carbocycles. The quantitative estimate of drug-likeness (QED) is 0.0765. The molecular weight excluding hydrogens is 768 g/mol. The van der Waals surface area contributed by atoms with Crippen molar-refractivity contribution in [3.63, 3.8) is 0 Å². The van der Waals surface area contributed by atoms with Gasteiger partial charge in [-0.05, 0) is 31.3 Å². The second-order valence-corrected chi connectivity index (χ2v) is 17.9. The Balaban J connectivity index is 1.77. The van der Waals surface area contributed by atoms with E-state index in [9.17, 15) is 39.6 Å². The third-order valence-electron chi connectivity index (χ3n) is 12.2. The SMILES string of the molecule is C=C1C[C@H]2CC3(O)O[C@H](C[C@@H](O)CC(=O)O[C@@H](CO)C[C@@H]4C/C(=C\C(=O)OC)[C@H](OC(=O)CCCCCCC)[C@@](O)(O4)C(C)(C)/C=C/[C@@H](C1)O2)C[C@H](OC(C)=O)C3(C)C.